The van der Waals surface area contributed by atoms with Crippen LogP contribution in [0.15, 0.2) is 12.4 Å². The number of hydrogen-bond donors (Lipinski definition) is 2. The Balaban J connectivity index is 2.02. The zero-order chi connectivity index (χ0) is 19.8. The van der Waals surface area contributed by atoms with Crippen LogP contribution in [0.25, 0.3) is 11.3 Å². The van der Waals surface area contributed by atoms with Crippen LogP contribution in [-0.4, -0.2) is 52.3 Å². The van der Waals surface area contributed by atoms with Crippen LogP contribution in [0, 0.1) is 0 Å². The Labute approximate surface area is 152 Å². The molecule has 0 spiro atoms. The third-order valence-electron chi connectivity index (χ3n) is 3.79. The van der Waals surface area contributed by atoms with Gasteiger partial charge in [-0.2, -0.15) is 26.3 Å². The number of thiazole rings is 1. The summed E-state index contributed by atoms with van der Waals surface area (Å²) in [5.41, 5.74) is -0.191. The molecule has 2 aromatic heterocycles. The van der Waals surface area contributed by atoms with E-state index in [2.05, 4.69) is 20.3 Å². The summed E-state index contributed by atoms with van der Waals surface area (Å²) in [6.45, 7) is 0.794. The molecule has 27 heavy (non-hydrogen) atoms. The molecular weight excluding hydrogens is 400 g/mol. The van der Waals surface area contributed by atoms with Gasteiger partial charge in [-0.25, -0.2) is 15.0 Å². The standard InChI is InChI=1S/C14H13F6N5OS/c15-13(16,17)11-22-3-7(4-23-11)9-10(27-12(24-9)14(18,19)20)25-2-1-21-8(5-25)6-26/h3-4,8,21,26H,1-2,5-6H2/t8-/m1/s1. The number of nitrogens with zero attached hydrogens (tertiary/aromatic N) is 4. The number of aliphatic hydroxyl groups is 1. The first-order valence-electron chi connectivity index (χ1n) is 7.66. The van der Waals surface area contributed by atoms with E-state index in [1.807, 2.05) is 0 Å². The maximum Gasteiger partial charge on any atom is 0.451 e. The van der Waals surface area contributed by atoms with Crippen molar-refractivity contribution in [3.63, 3.8) is 0 Å². The molecular formula is C14H13F6N5OS. The van der Waals surface area contributed by atoms with Crippen LogP contribution in [0.1, 0.15) is 10.8 Å². The van der Waals surface area contributed by atoms with E-state index in [1.165, 1.54) is 0 Å². The second-order valence-electron chi connectivity index (χ2n) is 5.74. The number of halogens is 6. The highest BCUT2D eigenvalue weighted by molar-refractivity contribution is 7.16. The first-order chi connectivity index (χ1) is 12.6. The van der Waals surface area contributed by atoms with E-state index in [0.717, 1.165) is 12.4 Å². The van der Waals surface area contributed by atoms with Crippen molar-refractivity contribution < 1.29 is 31.4 Å². The first kappa shape index (κ1) is 19.8. The van der Waals surface area contributed by atoms with Gasteiger partial charge in [0.2, 0.25) is 10.8 Å². The van der Waals surface area contributed by atoms with E-state index < -0.39 is 23.2 Å². The van der Waals surface area contributed by atoms with E-state index >= 15 is 0 Å². The lowest BCUT2D eigenvalue weighted by Crippen LogP contribution is -2.52. The van der Waals surface area contributed by atoms with E-state index in [-0.39, 0.29) is 35.5 Å². The molecule has 13 heteroatoms. The minimum Gasteiger partial charge on any atom is -0.395 e. The van der Waals surface area contributed by atoms with Gasteiger partial charge in [-0.15, -0.1) is 0 Å². The maximum absolute atomic E-state index is 13.1. The molecule has 0 amide bonds. The normalized spacial score (nSPS) is 18.8. The fourth-order valence-electron chi connectivity index (χ4n) is 2.56. The Morgan fingerprint density at radius 3 is 2.37 bits per heavy atom. The van der Waals surface area contributed by atoms with Gasteiger partial charge in [0.25, 0.3) is 0 Å². The second-order valence-corrected chi connectivity index (χ2v) is 6.72. The topological polar surface area (TPSA) is 74.2 Å². The van der Waals surface area contributed by atoms with E-state index in [4.69, 9.17) is 0 Å². The van der Waals surface area contributed by atoms with Crippen LogP contribution < -0.4 is 10.2 Å². The predicted octanol–water partition coefficient (Wildman–Crippen LogP) is 2.41. The van der Waals surface area contributed by atoms with Crippen LogP contribution in [0.4, 0.5) is 31.3 Å². The highest BCUT2D eigenvalue weighted by atomic mass is 32.1. The van der Waals surface area contributed by atoms with Crippen molar-refractivity contribution in [3.8, 4) is 11.3 Å². The van der Waals surface area contributed by atoms with Crippen LogP contribution in [0.5, 0.6) is 0 Å². The molecule has 148 valence electrons. The van der Waals surface area contributed by atoms with Crippen molar-refractivity contribution in [2.24, 2.45) is 0 Å². The fraction of sp³-hybridized carbons (Fsp3) is 0.500. The van der Waals surface area contributed by atoms with Gasteiger partial charge < -0.3 is 15.3 Å². The molecule has 0 aromatic carbocycles. The molecule has 2 aromatic rings. The Bertz CT molecular complexity index is 791. The molecule has 3 rings (SSSR count). The highest BCUT2D eigenvalue weighted by Gasteiger charge is 2.38. The van der Waals surface area contributed by atoms with Gasteiger partial charge in [-0.1, -0.05) is 11.3 Å². The summed E-state index contributed by atoms with van der Waals surface area (Å²) in [4.78, 5) is 11.6. The van der Waals surface area contributed by atoms with Crippen LogP contribution >= 0.6 is 11.3 Å². The summed E-state index contributed by atoms with van der Waals surface area (Å²) < 4.78 is 77.2. The molecule has 0 saturated carbocycles. The lowest BCUT2D eigenvalue weighted by Gasteiger charge is -2.33. The third kappa shape index (κ3) is 4.30. The molecule has 0 bridgehead atoms. The largest absolute Gasteiger partial charge is 0.451 e. The second kappa shape index (κ2) is 7.20. The summed E-state index contributed by atoms with van der Waals surface area (Å²) >= 11 is 0.393. The summed E-state index contributed by atoms with van der Waals surface area (Å²) in [6, 6.07) is -0.341. The Morgan fingerprint density at radius 1 is 1.15 bits per heavy atom. The van der Waals surface area contributed by atoms with Crippen LogP contribution in [0.3, 0.4) is 0 Å². The Hall–Kier alpha value is -1.99. The molecule has 3 heterocycles. The number of alkyl halides is 6. The molecule has 0 radical (unpaired) electrons. The summed E-state index contributed by atoms with van der Waals surface area (Å²) in [6.07, 6.45) is -7.84. The molecule has 1 aliphatic heterocycles. The van der Waals surface area contributed by atoms with Gasteiger partial charge in [0.15, 0.2) is 0 Å². The lowest BCUT2D eigenvalue weighted by atomic mass is 10.2. The van der Waals surface area contributed by atoms with Crippen molar-refractivity contribution in [2.75, 3.05) is 31.1 Å². The number of rotatable bonds is 3. The molecule has 0 aliphatic carbocycles. The molecule has 6 nitrogen and oxygen atoms in total. The van der Waals surface area contributed by atoms with Gasteiger partial charge >= 0.3 is 12.4 Å². The van der Waals surface area contributed by atoms with E-state index in [1.54, 1.807) is 4.90 Å². The Morgan fingerprint density at radius 2 is 1.81 bits per heavy atom. The Kier molecular flexibility index (Phi) is 5.27. The molecule has 1 fully saturated rings. The quantitative estimate of drug-likeness (QED) is 0.753. The number of nitrogens with one attached hydrogen (secondary N) is 1. The minimum atomic E-state index is -4.76. The lowest BCUT2D eigenvalue weighted by molar-refractivity contribution is -0.145. The molecule has 1 saturated heterocycles. The zero-order valence-corrected chi connectivity index (χ0v) is 14.3. The zero-order valence-electron chi connectivity index (χ0n) is 13.5. The number of piperazine rings is 1. The van der Waals surface area contributed by atoms with Crippen LogP contribution in [0.2, 0.25) is 0 Å². The first-order valence-corrected chi connectivity index (χ1v) is 8.48. The van der Waals surface area contributed by atoms with Crippen molar-refractivity contribution in [1.29, 1.82) is 0 Å². The van der Waals surface area contributed by atoms with Crippen molar-refractivity contribution >= 4 is 16.3 Å². The summed E-state index contributed by atoms with van der Waals surface area (Å²) in [7, 11) is 0. The number of anilines is 1. The van der Waals surface area contributed by atoms with E-state index in [0.29, 0.717) is 24.4 Å². The molecule has 1 aliphatic rings. The average molecular weight is 413 g/mol. The van der Waals surface area contributed by atoms with Gasteiger partial charge in [-0.05, 0) is 0 Å². The smallest absolute Gasteiger partial charge is 0.395 e. The maximum atomic E-state index is 13.1. The average Bonchev–Trinajstić information content (AvgIpc) is 3.07. The fourth-order valence-corrected chi connectivity index (χ4v) is 3.56. The van der Waals surface area contributed by atoms with E-state index in [9.17, 15) is 31.4 Å². The van der Waals surface area contributed by atoms with Gasteiger partial charge in [-0.3, -0.25) is 0 Å². The summed E-state index contributed by atoms with van der Waals surface area (Å²) in [5, 5.41) is 11.3. The molecule has 0 unspecified atom stereocenters. The van der Waals surface area contributed by atoms with Crippen molar-refractivity contribution in [3.05, 3.63) is 23.2 Å². The predicted molar refractivity (Wildman–Crippen MR) is 84.2 cm³/mol. The molecule has 1 atom stereocenters. The third-order valence-corrected chi connectivity index (χ3v) is 4.95. The van der Waals surface area contributed by atoms with Crippen LogP contribution in [-0.2, 0) is 12.4 Å². The van der Waals surface area contributed by atoms with Crippen molar-refractivity contribution in [2.45, 2.75) is 18.4 Å². The monoisotopic (exact) mass is 413 g/mol. The number of aromatic nitrogens is 3. The van der Waals surface area contributed by atoms with Gasteiger partial charge in [0, 0.05) is 43.6 Å². The van der Waals surface area contributed by atoms with Gasteiger partial charge in [0.1, 0.15) is 10.7 Å². The summed E-state index contributed by atoms with van der Waals surface area (Å²) in [5.74, 6) is -1.39. The molecule has 2 N–H and O–H groups in total. The van der Waals surface area contributed by atoms with Gasteiger partial charge in [0.05, 0.1) is 6.61 Å². The number of hydrogen-bond acceptors (Lipinski definition) is 7. The SMILES string of the molecule is OC[C@H]1CN(c2sc(C(F)(F)F)nc2-c2cnc(C(F)(F)F)nc2)CCN1. The van der Waals surface area contributed by atoms with Crippen molar-refractivity contribution in [1.82, 2.24) is 20.3 Å². The highest BCUT2D eigenvalue weighted by Crippen LogP contribution is 2.42. The minimum absolute atomic E-state index is 0.0520. The number of aliphatic hydroxyl groups excluding tert-OH is 1.